The highest BCUT2D eigenvalue weighted by molar-refractivity contribution is 4.52. The van der Waals surface area contributed by atoms with Crippen LogP contribution < -0.4 is 0 Å². The Morgan fingerprint density at radius 1 is 0.308 bits per heavy atom. The monoisotopic (exact) mass is 376 g/mol. The van der Waals surface area contributed by atoms with Crippen LogP contribution in [0.2, 0.25) is 0 Å². The Hall–Kier alpha value is -0.120. The van der Waals surface area contributed by atoms with Crippen molar-refractivity contribution in [2.24, 2.45) is 0 Å². The van der Waals surface area contributed by atoms with Crippen molar-refractivity contribution >= 4 is 0 Å². The maximum absolute atomic E-state index is 7.57. The second kappa shape index (κ2) is 35.9. The minimum absolute atomic E-state index is 0.250. The molecule has 0 bridgehead atoms. The molecule has 1 rings (SSSR count). The molecule has 0 unspecified atom stereocenters. The molecule has 1 fully saturated rings. The van der Waals surface area contributed by atoms with Crippen molar-refractivity contribution < 1.29 is 15.3 Å². The van der Waals surface area contributed by atoms with Gasteiger partial charge in [-0.05, 0) is 20.8 Å². The molecule has 0 heterocycles. The standard InChI is InChI=1S/C17H34.3C2H6O/c1-2-4-6-8-10-12-14-16-17-15-13-11-9-7-5-3-1;3*1-2-3/h1-17H2;3*3H,2H2,1H3. The highest BCUT2D eigenvalue weighted by Gasteiger charge is 1.96. The lowest BCUT2D eigenvalue weighted by atomic mass is 10.0. The van der Waals surface area contributed by atoms with E-state index in [9.17, 15) is 0 Å². The van der Waals surface area contributed by atoms with Gasteiger partial charge in [0.05, 0.1) is 0 Å². The van der Waals surface area contributed by atoms with Crippen molar-refractivity contribution in [3.05, 3.63) is 0 Å². The van der Waals surface area contributed by atoms with Gasteiger partial charge in [-0.1, -0.05) is 109 Å². The van der Waals surface area contributed by atoms with Gasteiger partial charge in [0.2, 0.25) is 0 Å². The first kappa shape index (κ1) is 30.6. The molecule has 0 aliphatic heterocycles. The Kier molecular flexibility index (Phi) is 42.3. The summed E-state index contributed by atoms with van der Waals surface area (Å²) >= 11 is 0. The van der Waals surface area contributed by atoms with Crippen LogP contribution in [0.3, 0.4) is 0 Å². The third kappa shape index (κ3) is 43.9. The first-order chi connectivity index (χ1) is 12.7. The highest BCUT2D eigenvalue weighted by atomic mass is 16.3. The molecule has 3 heteroatoms. The van der Waals surface area contributed by atoms with Gasteiger partial charge in [0.25, 0.3) is 0 Å². The van der Waals surface area contributed by atoms with E-state index in [1.165, 1.54) is 109 Å². The molecule has 0 spiro atoms. The van der Waals surface area contributed by atoms with E-state index in [0.717, 1.165) is 0 Å². The average molecular weight is 377 g/mol. The predicted octanol–water partition coefficient (Wildman–Crippen LogP) is 6.63. The second-order valence-corrected chi connectivity index (χ2v) is 6.96. The van der Waals surface area contributed by atoms with Gasteiger partial charge >= 0.3 is 0 Å². The van der Waals surface area contributed by atoms with Crippen molar-refractivity contribution in [2.75, 3.05) is 19.8 Å². The van der Waals surface area contributed by atoms with Crippen LogP contribution in [0.4, 0.5) is 0 Å². The summed E-state index contributed by atoms with van der Waals surface area (Å²) in [4.78, 5) is 0. The van der Waals surface area contributed by atoms with Crippen LogP contribution in [-0.2, 0) is 0 Å². The maximum Gasteiger partial charge on any atom is 0.0402 e. The number of hydrogen-bond acceptors (Lipinski definition) is 3. The summed E-state index contributed by atoms with van der Waals surface area (Å²) in [7, 11) is 0. The van der Waals surface area contributed by atoms with Crippen LogP contribution in [0.1, 0.15) is 130 Å². The molecule has 1 saturated carbocycles. The van der Waals surface area contributed by atoms with Gasteiger partial charge in [-0.15, -0.1) is 0 Å². The lowest BCUT2D eigenvalue weighted by Gasteiger charge is -2.02. The van der Waals surface area contributed by atoms with Crippen LogP contribution >= 0.6 is 0 Å². The van der Waals surface area contributed by atoms with E-state index in [4.69, 9.17) is 15.3 Å². The molecule has 162 valence electrons. The van der Waals surface area contributed by atoms with Gasteiger partial charge in [-0.3, -0.25) is 0 Å². The summed E-state index contributed by atoms with van der Waals surface area (Å²) in [5.41, 5.74) is 0. The van der Waals surface area contributed by atoms with E-state index in [0.29, 0.717) is 0 Å². The zero-order valence-corrected chi connectivity index (χ0v) is 18.5. The summed E-state index contributed by atoms with van der Waals surface area (Å²) in [5.74, 6) is 0. The maximum atomic E-state index is 7.57. The van der Waals surface area contributed by atoms with Crippen molar-refractivity contribution in [3.8, 4) is 0 Å². The predicted molar refractivity (Wildman–Crippen MR) is 117 cm³/mol. The van der Waals surface area contributed by atoms with E-state index in [-0.39, 0.29) is 19.8 Å². The first-order valence-corrected chi connectivity index (χ1v) is 11.6. The lowest BCUT2D eigenvalue weighted by Crippen LogP contribution is -1.82. The zero-order chi connectivity index (χ0) is 20.1. The molecule has 26 heavy (non-hydrogen) atoms. The molecule has 3 nitrogen and oxygen atoms in total. The molecule has 0 radical (unpaired) electrons. The van der Waals surface area contributed by atoms with E-state index < -0.39 is 0 Å². The third-order valence-electron chi connectivity index (χ3n) is 4.25. The molecule has 0 aromatic rings. The first-order valence-electron chi connectivity index (χ1n) is 11.6. The number of hydrogen-bond donors (Lipinski definition) is 3. The third-order valence-corrected chi connectivity index (χ3v) is 4.25. The Bertz CT molecular complexity index is 112. The van der Waals surface area contributed by atoms with Gasteiger partial charge in [0.15, 0.2) is 0 Å². The lowest BCUT2D eigenvalue weighted by molar-refractivity contribution is 0.318. The summed E-state index contributed by atoms with van der Waals surface area (Å²) < 4.78 is 0. The molecule has 3 N–H and O–H groups in total. The Balaban J connectivity index is -0.000000494. The van der Waals surface area contributed by atoms with E-state index in [1.54, 1.807) is 20.8 Å². The number of rotatable bonds is 0. The van der Waals surface area contributed by atoms with Gasteiger partial charge < -0.3 is 15.3 Å². The normalized spacial score (nSPS) is 17.8. The summed E-state index contributed by atoms with van der Waals surface area (Å²) in [6.45, 7) is 5.79. The SMILES string of the molecule is C1CCCCCCCCCCCCCCCC1.CCO.CCO.CCO. The molecular formula is C23H52O3. The highest BCUT2D eigenvalue weighted by Crippen LogP contribution is 2.16. The largest absolute Gasteiger partial charge is 0.397 e. The molecule has 1 aliphatic carbocycles. The molecule has 0 atom stereocenters. The van der Waals surface area contributed by atoms with Crippen LogP contribution in [0.25, 0.3) is 0 Å². The fourth-order valence-electron chi connectivity index (χ4n) is 3.01. The Morgan fingerprint density at radius 3 is 0.385 bits per heavy atom. The molecule has 0 saturated heterocycles. The quantitative estimate of drug-likeness (QED) is 0.445. The topological polar surface area (TPSA) is 60.7 Å². The van der Waals surface area contributed by atoms with Crippen molar-refractivity contribution in [1.82, 2.24) is 0 Å². The molecule has 0 amide bonds. The second-order valence-electron chi connectivity index (χ2n) is 6.96. The molecular weight excluding hydrogens is 324 g/mol. The summed E-state index contributed by atoms with van der Waals surface area (Å²) in [6.07, 6.45) is 25.5. The van der Waals surface area contributed by atoms with Gasteiger partial charge in [0.1, 0.15) is 0 Å². The minimum atomic E-state index is 0.250. The Morgan fingerprint density at radius 2 is 0.346 bits per heavy atom. The molecule has 1 aliphatic rings. The summed E-state index contributed by atoms with van der Waals surface area (Å²) in [5, 5.41) is 22.7. The van der Waals surface area contributed by atoms with E-state index in [1.807, 2.05) is 0 Å². The van der Waals surface area contributed by atoms with Crippen molar-refractivity contribution in [1.29, 1.82) is 0 Å². The van der Waals surface area contributed by atoms with Crippen molar-refractivity contribution in [3.63, 3.8) is 0 Å². The minimum Gasteiger partial charge on any atom is -0.397 e. The fraction of sp³-hybridized carbons (Fsp3) is 1.00. The van der Waals surface area contributed by atoms with E-state index in [2.05, 4.69) is 0 Å². The number of aliphatic hydroxyl groups excluding tert-OH is 3. The zero-order valence-electron chi connectivity index (χ0n) is 18.5. The van der Waals surface area contributed by atoms with E-state index >= 15 is 0 Å². The molecule has 0 aromatic carbocycles. The van der Waals surface area contributed by atoms with Gasteiger partial charge in [-0.25, -0.2) is 0 Å². The van der Waals surface area contributed by atoms with Crippen LogP contribution in [0, 0.1) is 0 Å². The van der Waals surface area contributed by atoms with Gasteiger partial charge in [-0.2, -0.15) is 0 Å². The average Bonchev–Trinajstić information content (AvgIpc) is 2.61. The Labute approximate surface area is 165 Å². The molecule has 0 aromatic heterocycles. The summed E-state index contributed by atoms with van der Waals surface area (Å²) in [6, 6.07) is 0. The van der Waals surface area contributed by atoms with Crippen LogP contribution in [0.5, 0.6) is 0 Å². The smallest absolute Gasteiger partial charge is 0.0402 e. The fourth-order valence-corrected chi connectivity index (χ4v) is 3.01. The van der Waals surface area contributed by atoms with Crippen LogP contribution in [0.15, 0.2) is 0 Å². The van der Waals surface area contributed by atoms with Crippen LogP contribution in [-0.4, -0.2) is 35.1 Å². The number of aliphatic hydroxyl groups is 3. The van der Waals surface area contributed by atoms with Crippen molar-refractivity contribution in [2.45, 2.75) is 130 Å². The van der Waals surface area contributed by atoms with Gasteiger partial charge in [0, 0.05) is 19.8 Å².